The number of nitrogens with zero attached hydrogens (tertiary/aromatic N) is 3. The zero-order valence-corrected chi connectivity index (χ0v) is 19.1. The molecule has 2 heterocycles. The van der Waals surface area contributed by atoms with Crippen LogP contribution in [0.25, 0.3) is 11.3 Å². The van der Waals surface area contributed by atoms with Crippen molar-refractivity contribution in [3.05, 3.63) is 76.4 Å². The van der Waals surface area contributed by atoms with E-state index in [-0.39, 0.29) is 18.4 Å². The molecule has 1 atom stereocenters. The summed E-state index contributed by atoms with van der Waals surface area (Å²) in [6, 6.07) is 18.8. The second-order valence-electron chi connectivity index (χ2n) is 7.56. The predicted molar refractivity (Wildman–Crippen MR) is 123 cm³/mol. The van der Waals surface area contributed by atoms with Gasteiger partial charge in [-0.05, 0) is 43.3 Å². The summed E-state index contributed by atoms with van der Waals surface area (Å²) in [4.78, 5) is 33.8. The fraction of sp³-hybridized carbons (Fsp3) is 0.208. The monoisotopic (exact) mass is 479 g/mol. The highest BCUT2D eigenvalue weighted by Crippen LogP contribution is 2.35. The minimum absolute atomic E-state index is 0.139. The summed E-state index contributed by atoms with van der Waals surface area (Å²) in [6.07, 6.45) is -0.761. The quantitative estimate of drug-likeness (QED) is 0.561. The Kier molecular flexibility index (Phi) is 5.78. The molecule has 7 heteroatoms. The molecule has 1 aliphatic heterocycles. The molecule has 0 bridgehead atoms. The van der Waals surface area contributed by atoms with Crippen LogP contribution in [0.1, 0.15) is 16.1 Å². The number of aryl methyl sites for hydroxylation is 1. The number of pyridine rings is 1. The van der Waals surface area contributed by atoms with E-state index in [9.17, 15) is 9.59 Å². The molecule has 2 aromatic carbocycles. The summed E-state index contributed by atoms with van der Waals surface area (Å²) < 4.78 is 6.85. The maximum Gasteiger partial charge on any atom is 0.265 e. The van der Waals surface area contributed by atoms with E-state index in [4.69, 9.17) is 4.74 Å². The first kappa shape index (κ1) is 21.1. The van der Waals surface area contributed by atoms with E-state index in [2.05, 4.69) is 20.9 Å². The van der Waals surface area contributed by atoms with Gasteiger partial charge in [0.25, 0.3) is 11.8 Å². The maximum atomic E-state index is 13.5. The molecular weight excluding hydrogens is 458 g/mol. The Bertz CT molecular complexity index is 1160. The Morgan fingerprint density at radius 2 is 1.87 bits per heavy atom. The van der Waals surface area contributed by atoms with E-state index in [0.29, 0.717) is 22.7 Å². The number of ether oxygens (including phenoxy) is 1. The van der Waals surface area contributed by atoms with Crippen molar-refractivity contribution in [2.45, 2.75) is 13.0 Å². The standard InChI is InChI=1S/C24H22BrN3O3/c1-15-18(11-12-19(26-15)16-7-6-8-17(25)13-16)23(29)28-14-22(24(30)27(2)3)31-21-10-5-4-9-20(21)28/h4-13,22H,14H2,1-3H3/t22-/m1/s1. The lowest BCUT2D eigenvalue weighted by atomic mass is 10.1. The SMILES string of the molecule is Cc1nc(-c2cccc(Br)c2)ccc1C(=O)N1C[C@H](C(=O)N(C)C)Oc2ccccc21. The van der Waals surface area contributed by atoms with Crippen LogP contribution in [-0.4, -0.2) is 48.4 Å². The minimum Gasteiger partial charge on any atom is -0.476 e. The Labute approximate surface area is 189 Å². The second-order valence-corrected chi connectivity index (χ2v) is 8.48. The van der Waals surface area contributed by atoms with E-state index < -0.39 is 6.10 Å². The van der Waals surface area contributed by atoms with Gasteiger partial charge < -0.3 is 14.5 Å². The van der Waals surface area contributed by atoms with Gasteiger partial charge in [-0.1, -0.05) is 40.2 Å². The number of amides is 2. The molecule has 4 rings (SSSR count). The zero-order chi connectivity index (χ0) is 22.1. The van der Waals surface area contributed by atoms with Gasteiger partial charge in [-0.25, -0.2) is 0 Å². The molecular formula is C24H22BrN3O3. The molecule has 3 aromatic rings. The van der Waals surface area contributed by atoms with Gasteiger partial charge in [-0.3, -0.25) is 14.6 Å². The fourth-order valence-electron chi connectivity index (χ4n) is 3.58. The van der Waals surface area contributed by atoms with Crippen LogP contribution in [0, 0.1) is 6.92 Å². The molecule has 1 aliphatic rings. The first-order valence-electron chi connectivity index (χ1n) is 9.87. The van der Waals surface area contributed by atoms with Crippen molar-refractivity contribution >= 4 is 33.4 Å². The van der Waals surface area contributed by atoms with Crippen LogP contribution < -0.4 is 9.64 Å². The predicted octanol–water partition coefficient (Wildman–Crippen LogP) is 4.32. The molecule has 1 aromatic heterocycles. The molecule has 0 unspecified atom stereocenters. The maximum absolute atomic E-state index is 13.5. The van der Waals surface area contributed by atoms with Crippen LogP contribution in [0.15, 0.2) is 65.1 Å². The van der Waals surface area contributed by atoms with Crippen molar-refractivity contribution in [3.63, 3.8) is 0 Å². The third-order valence-electron chi connectivity index (χ3n) is 5.17. The molecule has 0 saturated heterocycles. The van der Waals surface area contributed by atoms with Gasteiger partial charge in [0.05, 0.1) is 29.2 Å². The van der Waals surface area contributed by atoms with E-state index in [0.717, 1.165) is 15.7 Å². The number of likely N-dealkylation sites (N-methyl/N-ethyl adjacent to an activating group) is 1. The Morgan fingerprint density at radius 3 is 2.58 bits per heavy atom. The lowest BCUT2D eigenvalue weighted by molar-refractivity contribution is -0.135. The smallest absolute Gasteiger partial charge is 0.265 e. The summed E-state index contributed by atoms with van der Waals surface area (Å²) in [5.74, 6) is 0.115. The number of para-hydroxylation sites is 2. The molecule has 0 spiro atoms. The fourth-order valence-corrected chi connectivity index (χ4v) is 3.98. The molecule has 0 saturated carbocycles. The number of hydrogen-bond acceptors (Lipinski definition) is 4. The van der Waals surface area contributed by atoms with Crippen LogP contribution >= 0.6 is 15.9 Å². The van der Waals surface area contributed by atoms with Crippen molar-refractivity contribution < 1.29 is 14.3 Å². The number of anilines is 1. The van der Waals surface area contributed by atoms with Crippen molar-refractivity contribution in [3.8, 4) is 17.0 Å². The van der Waals surface area contributed by atoms with Crippen LogP contribution in [0.3, 0.4) is 0 Å². The van der Waals surface area contributed by atoms with Gasteiger partial charge >= 0.3 is 0 Å². The van der Waals surface area contributed by atoms with E-state index >= 15 is 0 Å². The third-order valence-corrected chi connectivity index (χ3v) is 5.66. The number of rotatable bonds is 3. The first-order valence-corrected chi connectivity index (χ1v) is 10.7. The van der Waals surface area contributed by atoms with Gasteiger partial charge in [-0.15, -0.1) is 0 Å². The topological polar surface area (TPSA) is 62.7 Å². The number of aromatic nitrogens is 1. The van der Waals surface area contributed by atoms with Crippen molar-refractivity contribution in [1.29, 1.82) is 0 Å². The number of fused-ring (bicyclic) bond motifs is 1. The first-order chi connectivity index (χ1) is 14.8. The van der Waals surface area contributed by atoms with Crippen molar-refractivity contribution in [1.82, 2.24) is 9.88 Å². The number of halogens is 1. The zero-order valence-electron chi connectivity index (χ0n) is 17.5. The van der Waals surface area contributed by atoms with Crippen molar-refractivity contribution in [2.24, 2.45) is 0 Å². The summed E-state index contributed by atoms with van der Waals surface area (Å²) >= 11 is 3.48. The van der Waals surface area contributed by atoms with Gasteiger partial charge in [0, 0.05) is 24.1 Å². The summed E-state index contributed by atoms with van der Waals surface area (Å²) in [5.41, 5.74) is 3.52. The molecule has 0 radical (unpaired) electrons. The lowest BCUT2D eigenvalue weighted by Gasteiger charge is -2.35. The average Bonchev–Trinajstić information content (AvgIpc) is 2.77. The molecule has 0 aliphatic carbocycles. The second kappa shape index (κ2) is 8.51. The molecule has 6 nitrogen and oxygen atoms in total. The largest absolute Gasteiger partial charge is 0.476 e. The molecule has 0 fully saturated rings. The van der Waals surface area contributed by atoms with E-state index in [1.54, 1.807) is 31.1 Å². The Morgan fingerprint density at radius 1 is 1.10 bits per heavy atom. The third kappa shape index (κ3) is 4.18. The van der Waals surface area contributed by atoms with Gasteiger partial charge in [-0.2, -0.15) is 0 Å². The summed E-state index contributed by atoms with van der Waals surface area (Å²) in [6.45, 7) is 1.96. The highest BCUT2D eigenvalue weighted by molar-refractivity contribution is 9.10. The minimum atomic E-state index is -0.761. The Hall–Kier alpha value is -3.19. The van der Waals surface area contributed by atoms with Gasteiger partial charge in [0.2, 0.25) is 0 Å². The molecule has 31 heavy (non-hydrogen) atoms. The normalized spacial score (nSPS) is 15.1. The molecule has 0 N–H and O–H groups in total. The average molecular weight is 480 g/mol. The summed E-state index contributed by atoms with van der Waals surface area (Å²) in [7, 11) is 3.35. The lowest BCUT2D eigenvalue weighted by Crippen LogP contribution is -2.50. The molecule has 158 valence electrons. The van der Waals surface area contributed by atoms with Crippen LogP contribution in [-0.2, 0) is 4.79 Å². The van der Waals surface area contributed by atoms with E-state index in [1.165, 1.54) is 4.90 Å². The van der Waals surface area contributed by atoms with Crippen molar-refractivity contribution in [2.75, 3.05) is 25.5 Å². The van der Waals surface area contributed by atoms with Crippen LogP contribution in [0.2, 0.25) is 0 Å². The van der Waals surface area contributed by atoms with E-state index in [1.807, 2.05) is 55.5 Å². The Balaban J connectivity index is 1.69. The molecule has 2 amide bonds. The van der Waals surface area contributed by atoms with Gasteiger partial charge in [0.1, 0.15) is 5.75 Å². The number of benzene rings is 2. The van der Waals surface area contributed by atoms with Crippen LogP contribution in [0.4, 0.5) is 5.69 Å². The highest BCUT2D eigenvalue weighted by atomic mass is 79.9. The number of carbonyl (C=O) groups is 2. The van der Waals surface area contributed by atoms with Gasteiger partial charge in [0.15, 0.2) is 6.10 Å². The van der Waals surface area contributed by atoms with Crippen LogP contribution in [0.5, 0.6) is 5.75 Å². The number of hydrogen-bond donors (Lipinski definition) is 0. The summed E-state index contributed by atoms with van der Waals surface area (Å²) in [5, 5.41) is 0. The highest BCUT2D eigenvalue weighted by Gasteiger charge is 2.35. The number of carbonyl (C=O) groups excluding carboxylic acids is 2.